The van der Waals surface area contributed by atoms with Crippen LogP contribution in [0.3, 0.4) is 0 Å². The van der Waals surface area contributed by atoms with Crippen LogP contribution in [0.25, 0.3) is 0 Å². The third-order valence-corrected chi connectivity index (χ3v) is 2.17. The molecular weight excluding hydrogens is 148 g/mol. The lowest BCUT2D eigenvalue weighted by atomic mass is 10.0. The monoisotopic (exact) mass is 164 g/mol. The number of nitrogens with two attached hydrogens (primary N) is 1. The van der Waals surface area contributed by atoms with Crippen molar-refractivity contribution in [1.82, 2.24) is 4.98 Å². The molecule has 0 aliphatic rings. The molecule has 1 aromatic rings. The molecule has 0 aliphatic heterocycles. The summed E-state index contributed by atoms with van der Waals surface area (Å²) in [6, 6.07) is 2.08. The molecule has 2 nitrogen and oxygen atoms in total. The van der Waals surface area contributed by atoms with E-state index in [2.05, 4.69) is 24.9 Å². The van der Waals surface area contributed by atoms with Crippen LogP contribution in [0, 0.1) is 0 Å². The lowest BCUT2D eigenvalue weighted by Crippen LogP contribution is -2.06. The van der Waals surface area contributed by atoms with E-state index < -0.39 is 0 Å². The Kier molecular flexibility index (Phi) is 3.23. The molecule has 0 saturated heterocycles. The van der Waals surface area contributed by atoms with Crippen molar-refractivity contribution in [3.05, 3.63) is 29.1 Å². The first-order chi connectivity index (χ1) is 5.83. The van der Waals surface area contributed by atoms with Crippen LogP contribution >= 0.6 is 0 Å². The standard InChI is InChI=1S/C10H16N2/c1-3-8-5-6-12-10(7-11)9(8)4-2/h5-6H,3-4,7,11H2,1-2H3. The molecule has 0 aromatic carbocycles. The third-order valence-electron chi connectivity index (χ3n) is 2.17. The Morgan fingerprint density at radius 3 is 2.58 bits per heavy atom. The lowest BCUT2D eigenvalue weighted by molar-refractivity contribution is 0.906. The molecule has 0 saturated carbocycles. The molecule has 2 N–H and O–H groups in total. The van der Waals surface area contributed by atoms with Crippen LogP contribution < -0.4 is 5.73 Å². The zero-order valence-electron chi connectivity index (χ0n) is 7.80. The summed E-state index contributed by atoms with van der Waals surface area (Å²) >= 11 is 0. The van der Waals surface area contributed by atoms with E-state index in [1.54, 1.807) is 0 Å². The van der Waals surface area contributed by atoms with E-state index in [1.807, 2.05) is 6.20 Å². The summed E-state index contributed by atoms with van der Waals surface area (Å²) in [6.45, 7) is 4.86. The zero-order valence-corrected chi connectivity index (χ0v) is 7.80. The highest BCUT2D eigenvalue weighted by Crippen LogP contribution is 2.13. The molecule has 0 bridgehead atoms. The van der Waals surface area contributed by atoms with Gasteiger partial charge in [-0.05, 0) is 30.0 Å². The maximum Gasteiger partial charge on any atom is 0.0573 e. The molecule has 0 fully saturated rings. The predicted molar refractivity (Wildman–Crippen MR) is 50.9 cm³/mol. The van der Waals surface area contributed by atoms with Gasteiger partial charge in [-0.2, -0.15) is 0 Å². The number of aromatic nitrogens is 1. The highest BCUT2D eigenvalue weighted by molar-refractivity contribution is 5.29. The normalized spacial score (nSPS) is 10.2. The molecule has 66 valence electrons. The van der Waals surface area contributed by atoms with E-state index >= 15 is 0 Å². The van der Waals surface area contributed by atoms with E-state index in [0.717, 1.165) is 18.5 Å². The molecule has 0 radical (unpaired) electrons. The second-order valence-corrected chi connectivity index (χ2v) is 2.81. The number of aryl methyl sites for hydroxylation is 1. The van der Waals surface area contributed by atoms with Crippen LogP contribution in [0.2, 0.25) is 0 Å². The van der Waals surface area contributed by atoms with E-state index in [0.29, 0.717) is 6.54 Å². The molecule has 0 atom stereocenters. The Balaban J connectivity index is 3.13. The van der Waals surface area contributed by atoms with Gasteiger partial charge in [0.05, 0.1) is 5.69 Å². The van der Waals surface area contributed by atoms with Crippen molar-refractivity contribution in [3.8, 4) is 0 Å². The maximum absolute atomic E-state index is 5.59. The van der Waals surface area contributed by atoms with Gasteiger partial charge in [-0.3, -0.25) is 4.98 Å². The van der Waals surface area contributed by atoms with Gasteiger partial charge in [-0.15, -0.1) is 0 Å². The van der Waals surface area contributed by atoms with Crippen LogP contribution in [0.1, 0.15) is 30.7 Å². The Morgan fingerprint density at radius 1 is 1.33 bits per heavy atom. The number of nitrogens with zero attached hydrogens (tertiary/aromatic N) is 1. The molecule has 0 spiro atoms. The fraction of sp³-hybridized carbons (Fsp3) is 0.500. The van der Waals surface area contributed by atoms with Gasteiger partial charge < -0.3 is 5.73 Å². The fourth-order valence-electron chi connectivity index (χ4n) is 1.52. The number of hydrogen-bond donors (Lipinski definition) is 1. The molecule has 12 heavy (non-hydrogen) atoms. The summed E-state index contributed by atoms with van der Waals surface area (Å²) in [4.78, 5) is 4.25. The number of rotatable bonds is 3. The quantitative estimate of drug-likeness (QED) is 0.738. The van der Waals surface area contributed by atoms with Crippen molar-refractivity contribution < 1.29 is 0 Å². The number of pyridine rings is 1. The highest BCUT2D eigenvalue weighted by atomic mass is 14.7. The van der Waals surface area contributed by atoms with Crippen molar-refractivity contribution in [1.29, 1.82) is 0 Å². The maximum atomic E-state index is 5.59. The van der Waals surface area contributed by atoms with Gasteiger partial charge >= 0.3 is 0 Å². The van der Waals surface area contributed by atoms with Gasteiger partial charge in [0.2, 0.25) is 0 Å². The molecule has 2 heteroatoms. The van der Waals surface area contributed by atoms with Crippen LogP contribution in [0.5, 0.6) is 0 Å². The SMILES string of the molecule is CCc1ccnc(CN)c1CC. The molecule has 0 amide bonds. The average Bonchev–Trinajstić information content (AvgIpc) is 2.16. The molecule has 1 aromatic heterocycles. The smallest absolute Gasteiger partial charge is 0.0573 e. The first-order valence-electron chi connectivity index (χ1n) is 4.49. The first-order valence-corrected chi connectivity index (χ1v) is 4.49. The summed E-state index contributed by atoms with van der Waals surface area (Å²) in [5.74, 6) is 0. The van der Waals surface area contributed by atoms with Crippen LogP contribution in [0.4, 0.5) is 0 Å². The van der Waals surface area contributed by atoms with Crippen molar-refractivity contribution in [2.75, 3.05) is 0 Å². The zero-order chi connectivity index (χ0) is 8.97. The van der Waals surface area contributed by atoms with Crippen LogP contribution in [-0.2, 0) is 19.4 Å². The van der Waals surface area contributed by atoms with Crippen molar-refractivity contribution in [2.45, 2.75) is 33.2 Å². The summed E-state index contributed by atoms with van der Waals surface area (Å²) in [5.41, 5.74) is 9.36. The summed E-state index contributed by atoms with van der Waals surface area (Å²) in [6.07, 6.45) is 3.95. The Bertz CT molecular complexity index is 234. The molecule has 1 heterocycles. The molecular formula is C10H16N2. The van der Waals surface area contributed by atoms with E-state index in [-0.39, 0.29) is 0 Å². The molecule has 1 rings (SSSR count). The highest BCUT2D eigenvalue weighted by Gasteiger charge is 2.03. The average molecular weight is 164 g/mol. The topological polar surface area (TPSA) is 38.9 Å². The molecule has 0 aliphatic carbocycles. The minimum atomic E-state index is 0.553. The number of hydrogen-bond acceptors (Lipinski definition) is 2. The van der Waals surface area contributed by atoms with E-state index in [9.17, 15) is 0 Å². The summed E-state index contributed by atoms with van der Waals surface area (Å²) in [5, 5.41) is 0. The largest absolute Gasteiger partial charge is 0.325 e. The van der Waals surface area contributed by atoms with Crippen molar-refractivity contribution >= 4 is 0 Å². The van der Waals surface area contributed by atoms with E-state index in [4.69, 9.17) is 5.73 Å². The van der Waals surface area contributed by atoms with Crippen LogP contribution in [0.15, 0.2) is 12.3 Å². The van der Waals surface area contributed by atoms with Crippen LogP contribution in [-0.4, -0.2) is 4.98 Å². The lowest BCUT2D eigenvalue weighted by Gasteiger charge is -2.08. The predicted octanol–water partition coefficient (Wildman–Crippen LogP) is 1.67. The van der Waals surface area contributed by atoms with Gasteiger partial charge in [0.1, 0.15) is 0 Å². The molecule has 0 unspecified atom stereocenters. The van der Waals surface area contributed by atoms with Crippen molar-refractivity contribution in [2.24, 2.45) is 5.73 Å². The Labute approximate surface area is 73.8 Å². The van der Waals surface area contributed by atoms with Gasteiger partial charge in [0.15, 0.2) is 0 Å². The minimum Gasteiger partial charge on any atom is -0.325 e. The summed E-state index contributed by atoms with van der Waals surface area (Å²) < 4.78 is 0. The van der Waals surface area contributed by atoms with E-state index in [1.165, 1.54) is 11.1 Å². The Morgan fingerprint density at radius 2 is 2.08 bits per heavy atom. The second kappa shape index (κ2) is 4.21. The summed E-state index contributed by atoms with van der Waals surface area (Å²) in [7, 11) is 0. The van der Waals surface area contributed by atoms with Gasteiger partial charge in [-0.25, -0.2) is 0 Å². The van der Waals surface area contributed by atoms with Gasteiger partial charge in [-0.1, -0.05) is 13.8 Å². The fourth-order valence-corrected chi connectivity index (χ4v) is 1.52. The minimum absolute atomic E-state index is 0.553. The van der Waals surface area contributed by atoms with Gasteiger partial charge in [0.25, 0.3) is 0 Å². The first kappa shape index (κ1) is 9.20. The Hall–Kier alpha value is -0.890. The third kappa shape index (κ3) is 1.64. The van der Waals surface area contributed by atoms with Crippen molar-refractivity contribution in [3.63, 3.8) is 0 Å². The second-order valence-electron chi connectivity index (χ2n) is 2.81. The van der Waals surface area contributed by atoms with Gasteiger partial charge in [0, 0.05) is 12.7 Å².